The summed E-state index contributed by atoms with van der Waals surface area (Å²) >= 11 is 0. The lowest BCUT2D eigenvalue weighted by Crippen LogP contribution is -2.06. The van der Waals surface area contributed by atoms with Crippen LogP contribution in [0.15, 0.2) is 291 Å². The molecule has 0 nitrogen and oxygen atoms in total. The summed E-state index contributed by atoms with van der Waals surface area (Å²) in [6, 6.07) is 103. The van der Waals surface area contributed by atoms with E-state index in [9.17, 15) is 0 Å². The fraction of sp³-hybridized carbons (Fsp3) is 0.0250. The van der Waals surface area contributed by atoms with Gasteiger partial charge in [-0.2, -0.15) is 0 Å². The Labute approximate surface area is 465 Å². The first-order valence-corrected chi connectivity index (χ1v) is 28.1. The summed E-state index contributed by atoms with van der Waals surface area (Å²) in [7, 11) is 0. The average Bonchev–Trinajstić information content (AvgIpc) is 3.56. The number of hydrogen-bond donors (Lipinski definition) is 0. The van der Waals surface area contributed by atoms with Crippen molar-refractivity contribution in [3.8, 4) is 33.4 Å². The molecule has 0 amide bonds. The van der Waals surface area contributed by atoms with Gasteiger partial charge in [-0.3, -0.25) is 0 Å². The number of fused-ring (bicyclic) bond motifs is 10. The first-order valence-electron chi connectivity index (χ1n) is 28.1. The molecule has 0 saturated heterocycles. The van der Waals surface area contributed by atoms with Gasteiger partial charge in [0.15, 0.2) is 0 Å². The fourth-order valence-corrected chi connectivity index (χ4v) is 13.7. The summed E-state index contributed by atoms with van der Waals surface area (Å²) in [6.45, 7) is 0. The summed E-state index contributed by atoms with van der Waals surface area (Å²) in [5.41, 5.74) is 18.5. The zero-order chi connectivity index (χ0) is 52.7. The minimum atomic E-state index is 0.959. The van der Waals surface area contributed by atoms with Crippen LogP contribution in [0.2, 0.25) is 0 Å². The Morgan fingerprint density at radius 2 is 0.625 bits per heavy atom. The van der Waals surface area contributed by atoms with Crippen LogP contribution in [-0.4, -0.2) is 0 Å². The van der Waals surface area contributed by atoms with Crippen LogP contribution in [0.5, 0.6) is 0 Å². The molecule has 15 aromatic carbocycles. The lowest BCUT2D eigenvalue weighted by molar-refractivity contribution is 1.23. The molecule has 0 saturated carbocycles. The molecule has 0 heteroatoms. The van der Waals surface area contributed by atoms with Crippen LogP contribution in [0, 0.1) is 0 Å². The van der Waals surface area contributed by atoms with Crippen molar-refractivity contribution >= 4 is 97.3 Å². The highest BCUT2D eigenvalue weighted by Crippen LogP contribution is 2.47. The maximum atomic E-state index is 2.43. The Morgan fingerprint density at radius 1 is 0.200 bits per heavy atom. The summed E-state index contributed by atoms with van der Waals surface area (Å²) in [5, 5.41) is 21.0. The Morgan fingerprint density at radius 3 is 1.23 bits per heavy atom. The predicted octanol–water partition coefficient (Wildman–Crippen LogP) is 21.6. The van der Waals surface area contributed by atoms with E-state index in [1.165, 1.54) is 164 Å². The second kappa shape index (κ2) is 18.8. The number of rotatable bonds is 5. The van der Waals surface area contributed by atoms with E-state index in [0.29, 0.717) is 0 Å². The Bertz CT molecular complexity index is 4990. The van der Waals surface area contributed by atoms with Crippen molar-refractivity contribution in [2.45, 2.75) is 12.8 Å². The van der Waals surface area contributed by atoms with E-state index in [1.54, 1.807) is 0 Å². The molecule has 0 radical (unpaired) electrons. The van der Waals surface area contributed by atoms with Crippen LogP contribution >= 0.6 is 0 Å². The molecular formula is C80H52. The molecular weight excluding hydrogens is 961 g/mol. The van der Waals surface area contributed by atoms with Crippen LogP contribution in [0.1, 0.15) is 33.4 Å². The molecule has 0 aliphatic heterocycles. The van der Waals surface area contributed by atoms with Crippen molar-refractivity contribution in [3.63, 3.8) is 0 Å². The molecule has 0 fully saturated rings. The Hall–Kier alpha value is -10.1. The van der Waals surface area contributed by atoms with Gasteiger partial charge in [0.25, 0.3) is 0 Å². The van der Waals surface area contributed by atoms with E-state index in [-0.39, 0.29) is 0 Å². The molecule has 372 valence electrons. The van der Waals surface area contributed by atoms with E-state index < -0.39 is 0 Å². The number of allylic oxidation sites excluding steroid dienone is 2. The van der Waals surface area contributed by atoms with Gasteiger partial charge < -0.3 is 0 Å². The van der Waals surface area contributed by atoms with E-state index in [2.05, 4.69) is 291 Å². The van der Waals surface area contributed by atoms with Crippen molar-refractivity contribution in [3.05, 3.63) is 325 Å². The summed E-state index contributed by atoms with van der Waals surface area (Å²) in [5.74, 6) is 0. The molecule has 0 aromatic heterocycles. The number of benzene rings is 15. The molecule has 0 spiro atoms. The highest BCUT2D eigenvalue weighted by atomic mass is 14.3. The SMILES string of the molecule is C1=C(c2ccccc2)c2ccc3c4c(ccc(c24)C1)C(c1ccc(-c2ccc4c5ccccc5c5ccccc5c4c2)cc1)=CC3.c1ccc2cc(-c3c4ccccc4c(-c4cccc5ccccc45)c4ccccc34)ccc2c1. The van der Waals surface area contributed by atoms with Gasteiger partial charge in [-0.25, -0.2) is 0 Å². The van der Waals surface area contributed by atoms with Crippen molar-refractivity contribution in [2.24, 2.45) is 0 Å². The molecule has 17 rings (SSSR count). The van der Waals surface area contributed by atoms with Crippen LogP contribution < -0.4 is 0 Å². The standard InChI is InChI=1S/C46H30.C34H22/c1-2-8-30(9-3-1)35-23-18-32-21-27-43-36(24-19-33-20-26-42(35)45(32)46(33)43)31-16-14-29(15-17-31)34-22-25-41-39-12-5-4-10-37(39)38-11-6-7-13-40(38)44(41)28-34;1-2-12-25-22-26(21-20-23(25)10-1)33-29-15-5-7-17-31(29)34(32-18-8-6-16-30(32)33)28-19-9-13-24-11-3-4-14-27(24)28/h1-17,20-28H,18-19H2;1-22H. The van der Waals surface area contributed by atoms with Crippen molar-refractivity contribution < 1.29 is 0 Å². The van der Waals surface area contributed by atoms with Crippen molar-refractivity contribution in [1.29, 1.82) is 0 Å². The van der Waals surface area contributed by atoms with E-state index in [0.717, 1.165) is 12.8 Å². The first-order chi connectivity index (χ1) is 39.7. The smallest absolute Gasteiger partial charge is 0.00201 e. The molecule has 80 heavy (non-hydrogen) atoms. The Kier molecular flexibility index (Phi) is 10.8. The van der Waals surface area contributed by atoms with Gasteiger partial charge in [-0.15, -0.1) is 0 Å². The summed E-state index contributed by atoms with van der Waals surface area (Å²) in [4.78, 5) is 0. The minimum absolute atomic E-state index is 0.959. The van der Waals surface area contributed by atoms with Gasteiger partial charge >= 0.3 is 0 Å². The van der Waals surface area contributed by atoms with Crippen molar-refractivity contribution in [2.75, 3.05) is 0 Å². The van der Waals surface area contributed by atoms with E-state index >= 15 is 0 Å². The zero-order valence-electron chi connectivity index (χ0n) is 44.1. The topological polar surface area (TPSA) is 0 Å². The molecule has 2 aliphatic carbocycles. The molecule has 0 heterocycles. The van der Waals surface area contributed by atoms with Gasteiger partial charge in [0.2, 0.25) is 0 Å². The maximum Gasteiger partial charge on any atom is -0.00201 e. The van der Waals surface area contributed by atoms with Gasteiger partial charge in [0, 0.05) is 0 Å². The van der Waals surface area contributed by atoms with Gasteiger partial charge in [0.05, 0.1) is 0 Å². The molecule has 0 N–H and O–H groups in total. The highest BCUT2D eigenvalue weighted by Gasteiger charge is 2.24. The normalized spacial score (nSPS) is 12.8. The van der Waals surface area contributed by atoms with E-state index in [4.69, 9.17) is 0 Å². The van der Waals surface area contributed by atoms with E-state index in [1.807, 2.05) is 0 Å². The average molecular weight is 1010 g/mol. The molecule has 0 bridgehead atoms. The largest absolute Gasteiger partial charge is 0.0716 e. The molecule has 2 aliphatic rings. The van der Waals surface area contributed by atoms with Crippen LogP contribution in [-0.2, 0) is 12.8 Å². The monoisotopic (exact) mass is 1010 g/mol. The van der Waals surface area contributed by atoms with Gasteiger partial charge in [0.1, 0.15) is 0 Å². The minimum Gasteiger partial charge on any atom is -0.0716 e. The molecule has 0 unspecified atom stereocenters. The van der Waals surface area contributed by atoms with Gasteiger partial charge in [-0.05, 0) is 189 Å². The first kappa shape index (κ1) is 46.0. The second-order valence-electron chi connectivity index (χ2n) is 21.7. The highest BCUT2D eigenvalue weighted by molar-refractivity contribution is 6.26. The fourth-order valence-electron chi connectivity index (χ4n) is 13.7. The summed E-state index contributed by atoms with van der Waals surface area (Å²) < 4.78 is 0. The molecule has 15 aromatic rings. The summed E-state index contributed by atoms with van der Waals surface area (Å²) in [6.07, 6.45) is 6.77. The predicted molar refractivity (Wildman–Crippen MR) is 344 cm³/mol. The lowest BCUT2D eigenvalue weighted by Gasteiger charge is -2.26. The van der Waals surface area contributed by atoms with Crippen LogP contribution in [0.3, 0.4) is 0 Å². The number of hydrogen-bond acceptors (Lipinski definition) is 0. The maximum absolute atomic E-state index is 2.43. The van der Waals surface area contributed by atoms with Gasteiger partial charge in [-0.1, -0.05) is 279 Å². The third-order valence-electron chi connectivity index (χ3n) is 17.4. The lowest BCUT2D eigenvalue weighted by atomic mass is 9.78. The van der Waals surface area contributed by atoms with Crippen LogP contribution in [0.4, 0.5) is 0 Å². The third-order valence-corrected chi connectivity index (χ3v) is 17.4. The molecule has 0 atom stereocenters. The van der Waals surface area contributed by atoms with Crippen molar-refractivity contribution in [1.82, 2.24) is 0 Å². The second-order valence-corrected chi connectivity index (χ2v) is 21.7. The Balaban J connectivity index is 0.000000139. The zero-order valence-corrected chi connectivity index (χ0v) is 44.1. The quantitative estimate of drug-likeness (QED) is 0.119. The third kappa shape index (κ3) is 7.44. The van der Waals surface area contributed by atoms with Crippen LogP contribution in [0.25, 0.3) is 131 Å².